The van der Waals surface area contributed by atoms with Gasteiger partial charge in [0, 0.05) is 24.9 Å². The Morgan fingerprint density at radius 3 is 2.62 bits per heavy atom. The molecule has 1 amide bonds. The van der Waals surface area contributed by atoms with E-state index in [0.29, 0.717) is 29.3 Å². The molecule has 32 heavy (non-hydrogen) atoms. The number of hydrogen-bond donors (Lipinski definition) is 1. The summed E-state index contributed by atoms with van der Waals surface area (Å²) < 4.78 is 8.00. The van der Waals surface area contributed by atoms with Crippen molar-refractivity contribution >= 4 is 17.7 Å². The molecule has 7 nitrogen and oxygen atoms in total. The van der Waals surface area contributed by atoms with Gasteiger partial charge in [-0.2, -0.15) is 0 Å². The fraction of sp³-hybridized carbons (Fsp3) is 0.292. The third kappa shape index (κ3) is 4.50. The van der Waals surface area contributed by atoms with E-state index in [1.165, 1.54) is 20.9 Å². The summed E-state index contributed by atoms with van der Waals surface area (Å²) in [5, 5.41) is 3.62. The SMILES string of the molecule is COc1cccc(CNC(=O)C2CSc3c(c(=O)n(Cc4ccccc4)c(=O)n3C)C2)c1. The van der Waals surface area contributed by atoms with Gasteiger partial charge in [-0.1, -0.05) is 42.5 Å². The van der Waals surface area contributed by atoms with Crippen molar-refractivity contribution in [2.24, 2.45) is 13.0 Å². The van der Waals surface area contributed by atoms with Crippen molar-refractivity contribution in [1.29, 1.82) is 0 Å². The topological polar surface area (TPSA) is 82.3 Å². The van der Waals surface area contributed by atoms with E-state index in [-0.39, 0.29) is 29.6 Å². The molecule has 1 aliphatic rings. The molecule has 0 radical (unpaired) electrons. The number of nitrogens with one attached hydrogen (secondary N) is 1. The van der Waals surface area contributed by atoms with Crippen LogP contribution in [0.3, 0.4) is 0 Å². The summed E-state index contributed by atoms with van der Waals surface area (Å²) in [6.45, 7) is 0.590. The average molecular weight is 452 g/mol. The molecule has 0 bridgehead atoms. The zero-order valence-corrected chi connectivity index (χ0v) is 18.9. The zero-order valence-electron chi connectivity index (χ0n) is 18.0. The lowest BCUT2D eigenvalue weighted by Crippen LogP contribution is -2.45. The van der Waals surface area contributed by atoms with Gasteiger partial charge in [0.15, 0.2) is 0 Å². The number of carbonyl (C=O) groups excluding carboxylic acids is 1. The second kappa shape index (κ2) is 9.48. The van der Waals surface area contributed by atoms with Crippen LogP contribution >= 0.6 is 11.8 Å². The van der Waals surface area contributed by atoms with Gasteiger partial charge in [-0.3, -0.25) is 18.7 Å². The number of methoxy groups -OCH3 is 1. The summed E-state index contributed by atoms with van der Waals surface area (Å²) in [7, 11) is 3.28. The van der Waals surface area contributed by atoms with Crippen molar-refractivity contribution in [2.75, 3.05) is 12.9 Å². The largest absolute Gasteiger partial charge is 0.497 e. The highest BCUT2D eigenvalue weighted by Crippen LogP contribution is 2.30. The summed E-state index contributed by atoms with van der Waals surface area (Å²) in [5.74, 6) is 0.813. The van der Waals surface area contributed by atoms with Crippen molar-refractivity contribution in [3.05, 3.63) is 92.1 Å². The smallest absolute Gasteiger partial charge is 0.331 e. The third-order valence-electron chi connectivity index (χ3n) is 5.61. The molecule has 3 aromatic rings. The number of fused-ring (bicyclic) bond motifs is 1. The molecule has 2 aromatic carbocycles. The van der Waals surface area contributed by atoms with E-state index in [1.807, 2.05) is 54.6 Å². The van der Waals surface area contributed by atoms with Gasteiger partial charge in [0.05, 0.1) is 24.6 Å². The minimum atomic E-state index is -0.342. The highest BCUT2D eigenvalue weighted by Gasteiger charge is 2.30. The molecule has 166 valence electrons. The molecule has 0 fully saturated rings. The van der Waals surface area contributed by atoms with Gasteiger partial charge in [0.25, 0.3) is 5.56 Å². The lowest BCUT2D eigenvalue weighted by atomic mass is 10.0. The lowest BCUT2D eigenvalue weighted by Gasteiger charge is -2.25. The van der Waals surface area contributed by atoms with Crippen LogP contribution < -0.4 is 21.3 Å². The Kier molecular flexibility index (Phi) is 6.50. The molecule has 0 aliphatic carbocycles. The zero-order chi connectivity index (χ0) is 22.7. The maximum absolute atomic E-state index is 13.2. The van der Waals surface area contributed by atoms with Gasteiger partial charge < -0.3 is 10.1 Å². The fourth-order valence-corrected chi connectivity index (χ4v) is 5.09. The number of aromatic nitrogens is 2. The first-order valence-corrected chi connectivity index (χ1v) is 11.4. The summed E-state index contributed by atoms with van der Waals surface area (Å²) in [4.78, 5) is 38.9. The van der Waals surface area contributed by atoms with Gasteiger partial charge >= 0.3 is 5.69 Å². The van der Waals surface area contributed by atoms with Crippen molar-refractivity contribution in [1.82, 2.24) is 14.5 Å². The Labute approximate surface area is 190 Å². The van der Waals surface area contributed by atoms with Crippen molar-refractivity contribution in [2.45, 2.75) is 24.5 Å². The van der Waals surface area contributed by atoms with E-state index in [4.69, 9.17) is 4.74 Å². The summed E-state index contributed by atoms with van der Waals surface area (Å²) in [5.41, 5.74) is 1.69. The fourth-order valence-electron chi connectivity index (χ4n) is 3.84. The van der Waals surface area contributed by atoms with Crippen LogP contribution in [-0.4, -0.2) is 27.9 Å². The van der Waals surface area contributed by atoms with Gasteiger partial charge in [0.2, 0.25) is 5.91 Å². The second-order valence-electron chi connectivity index (χ2n) is 7.78. The molecule has 1 N–H and O–H groups in total. The Morgan fingerprint density at radius 1 is 1.12 bits per heavy atom. The molecule has 0 saturated carbocycles. The van der Waals surface area contributed by atoms with Crippen LogP contribution in [0.2, 0.25) is 0 Å². The normalized spacial score (nSPS) is 15.1. The molecule has 1 aliphatic heterocycles. The maximum atomic E-state index is 13.2. The van der Waals surface area contributed by atoms with Crippen LogP contribution in [0.4, 0.5) is 0 Å². The highest BCUT2D eigenvalue weighted by atomic mass is 32.2. The summed E-state index contributed by atoms with van der Waals surface area (Å²) in [6.07, 6.45) is 0.314. The standard InChI is InChI=1S/C24H25N3O4S/c1-26-23-20(22(29)27(24(26)30)14-16-7-4-3-5-8-16)12-18(15-32-23)21(28)25-13-17-9-6-10-19(11-17)31-2/h3-11,18H,12-15H2,1-2H3,(H,25,28). The summed E-state index contributed by atoms with van der Waals surface area (Å²) in [6, 6.07) is 16.9. The molecule has 2 heterocycles. The first-order valence-electron chi connectivity index (χ1n) is 10.4. The van der Waals surface area contributed by atoms with Crippen LogP contribution in [0.1, 0.15) is 16.7 Å². The summed E-state index contributed by atoms with van der Waals surface area (Å²) >= 11 is 1.39. The number of amides is 1. The molecule has 1 unspecified atom stereocenters. The molecule has 1 aromatic heterocycles. The molecule has 0 spiro atoms. The highest BCUT2D eigenvalue weighted by molar-refractivity contribution is 7.99. The number of hydrogen-bond acceptors (Lipinski definition) is 5. The maximum Gasteiger partial charge on any atom is 0.331 e. The van der Waals surface area contributed by atoms with Crippen molar-refractivity contribution in [3.63, 3.8) is 0 Å². The van der Waals surface area contributed by atoms with Crippen LogP contribution in [0.15, 0.2) is 69.2 Å². The Balaban J connectivity index is 1.54. The first-order chi connectivity index (χ1) is 15.5. The molecular formula is C24H25N3O4S. The van der Waals surface area contributed by atoms with Gasteiger partial charge in [-0.25, -0.2) is 4.79 Å². The molecular weight excluding hydrogens is 426 g/mol. The number of nitrogens with zero attached hydrogens (tertiary/aromatic N) is 2. The van der Waals surface area contributed by atoms with Gasteiger partial charge in [-0.05, 0) is 29.7 Å². The third-order valence-corrected chi connectivity index (χ3v) is 6.97. The number of thioether (sulfide) groups is 1. The predicted molar refractivity (Wildman–Crippen MR) is 124 cm³/mol. The van der Waals surface area contributed by atoms with Crippen LogP contribution in [-0.2, 0) is 31.4 Å². The predicted octanol–water partition coefficient (Wildman–Crippen LogP) is 2.18. The number of carbonyl (C=O) groups is 1. The molecule has 0 saturated heterocycles. The molecule has 1 atom stereocenters. The van der Waals surface area contributed by atoms with Crippen molar-refractivity contribution in [3.8, 4) is 5.75 Å². The average Bonchev–Trinajstić information content (AvgIpc) is 2.84. The quantitative estimate of drug-likeness (QED) is 0.581. The number of benzene rings is 2. The van der Waals surface area contributed by atoms with E-state index in [0.717, 1.165) is 16.9 Å². The molecule has 4 rings (SSSR count). The van der Waals surface area contributed by atoms with Gasteiger partial charge in [-0.15, -0.1) is 11.8 Å². The van der Waals surface area contributed by atoms with E-state index in [9.17, 15) is 14.4 Å². The van der Waals surface area contributed by atoms with Gasteiger partial charge in [0.1, 0.15) is 5.75 Å². The second-order valence-corrected chi connectivity index (χ2v) is 8.79. The minimum Gasteiger partial charge on any atom is -0.497 e. The lowest BCUT2D eigenvalue weighted by molar-refractivity contribution is -0.124. The number of rotatable bonds is 6. The molecule has 8 heteroatoms. The Bertz CT molecular complexity index is 1250. The van der Waals surface area contributed by atoms with E-state index in [2.05, 4.69) is 5.32 Å². The van der Waals surface area contributed by atoms with Crippen molar-refractivity contribution < 1.29 is 9.53 Å². The van der Waals surface area contributed by atoms with Crippen LogP contribution in [0.5, 0.6) is 5.75 Å². The minimum absolute atomic E-state index is 0.103. The van der Waals surface area contributed by atoms with Crippen LogP contribution in [0.25, 0.3) is 0 Å². The first kappa shape index (κ1) is 22.0. The van der Waals surface area contributed by atoms with E-state index >= 15 is 0 Å². The number of ether oxygens (including phenoxy) is 1. The monoisotopic (exact) mass is 451 g/mol. The van der Waals surface area contributed by atoms with Crippen LogP contribution in [0, 0.1) is 5.92 Å². The van der Waals surface area contributed by atoms with E-state index in [1.54, 1.807) is 14.2 Å². The Hall–Kier alpha value is -3.26. The van der Waals surface area contributed by atoms with E-state index < -0.39 is 0 Å². The Morgan fingerprint density at radius 2 is 1.88 bits per heavy atom.